The van der Waals surface area contributed by atoms with Crippen LogP contribution < -0.4 is 5.32 Å². The molecule has 1 aromatic heterocycles. The van der Waals surface area contributed by atoms with Gasteiger partial charge in [0.1, 0.15) is 11.5 Å². The molecule has 1 aromatic rings. The molecule has 1 N–H and O–H groups in total. The van der Waals surface area contributed by atoms with Crippen LogP contribution >= 0.6 is 0 Å². The van der Waals surface area contributed by atoms with Gasteiger partial charge in [0.05, 0.1) is 6.54 Å². The molecule has 2 fully saturated rings. The minimum Gasteiger partial charge on any atom is -0.465 e. The molecule has 1 aliphatic carbocycles. The molecule has 4 heteroatoms. The molecule has 0 spiro atoms. The molecule has 2 aliphatic rings. The van der Waals surface area contributed by atoms with Crippen molar-refractivity contribution in [3.8, 4) is 0 Å². The van der Waals surface area contributed by atoms with Gasteiger partial charge in [-0.25, -0.2) is 0 Å². The number of nitrogens with zero attached hydrogens (tertiary/aromatic N) is 2. The van der Waals surface area contributed by atoms with Gasteiger partial charge in [-0.3, -0.25) is 9.80 Å². The van der Waals surface area contributed by atoms with E-state index in [2.05, 4.69) is 49.0 Å². The SMILES string of the molecule is Cc1oc(CN2CC(C)N(C)C(C)C2)cc1CNC1CC1. The van der Waals surface area contributed by atoms with Gasteiger partial charge in [-0.1, -0.05) is 0 Å². The van der Waals surface area contributed by atoms with Gasteiger partial charge in [0.2, 0.25) is 0 Å². The lowest BCUT2D eigenvalue weighted by Gasteiger charge is -2.42. The van der Waals surface area contributed by atoms with E-state index in [-0.39, 0.29) is 0 Å². The minimum absolute atomic E-state index is 0.612. The second kappa shape index (κ2) is 6.11. The van der Waals surface area contributed by atoms with Crippen LogP contribution in [0.2, 0.25) is 0 Å². The number of hydrogen-bond donors (Lipinski definition) is 1. The molecule has 1 aliphatic heterocycles. The van der Waals surface area contributed by atoms with Crippen LogP contribution in [-0.4, -0.2) is 48.1 Å². The van der Waals surface area contributed by atoms with Crippen molar-refractivity contribution in [2.24, 2.45) is 0 Å². The number of nitrogens with one attached hydrogen (secondary N) is 1. The molecule has 2 heterocycles. The fraction of sp³-hybridized carbons (Fsp3) is 0.765. The first-order chi connectivity index (χ1) is 10.0. The van der Waals surface area contributed by atoms with Gasteiger partial charge < -0.3 is 9.73 Å². The molecule has 4 nitrogen and oxygen atoms in total. The van der Waals surface area contributed by atoms with E-state index in [4.69, 9.17) is 4.42 Å². The monoisotopic (exact) mass is 291 g/mol. The summed E-state index contributed by atoms with van der Waals surface area (Å²) in [5, 5.41) is 3.57. The highest BCUT2D eigenvalue weighted by Crippen LogP contribution is 2.22. The van der Waals surface area contributed by atoms with E-state index in [1.54, 1.807) is 0 Å². The molecule has 0 bridgehead atoms. The summed E-state index contributed by atoms with van der Waals surface area (Å²) in [6.07, 6.45) is 2.67. The van der Waals surface area contributed by atoms with Crippen molar-refractivity contribution in [2.45, 2.75) is 64.8 Å². The van der Waals surface area contributed by atoms with Crippen LogP contribution in [0.4, 0.5) is 0 Å². The summed E-state index contributed by atoms with van der Waals surface area (Å²) in [6, 6.07) is 4.22. The second-order valence-electron chi connectivity index (χ2n) is 7.01. The van der Waals surface area contributed by atoms with Crippen LogP contribution in [0, 0.1) is 6.92 Å². The molecule has 1 saturated heterocycles. The molecule has 118 valence electrons. The zero-order chi connectivity index (χ0) is 15.0. The smallest absolute Gasteiger partial charge is 0.118 e. The van der Waals surface area contributed by atoms with E-state index in [0.717, 1.165) is 43.7 Å². The highest BCUT2D eigenvalue weighted by Gasteiger charge is 2.27. The van der Waals surface area contributed by atoms with Gasteiger partial charge in [0.25, 0.3) is 0 Å². The van der Waals surface area contributed by atoms with Gasteiger partial charge in [0, 0.05) is 43.3 Å². The van der Waals surface area contributed by atoms with E-state index in [0.29, 0.717) is 12.1 Å². The molecule has 2 unspecified atom stereocenters. The number of likely N-dealkylation sites (N-methyl/N-ethyl adjacent to an activating group) is 1. The molecule has 0 radical (unpaired) electrons. The lowest BCUT2D eigenvalue weighted by Crippen LogP contribution is -2.54. The standard InChI is InChI=1S/C17H29N3O/c1-12-9-20(10-13(2)19(12)4)11-17-7-15(14(3)21-17)8-18-16-5-6-16/h7,12-13,16,18H,5-6,8-11H2,1-4H3. The largest absolute Gasteiger partial charge is 0.465 e. The summed E-state index contributed by atoms with van der Waals surface area (Å²) < 4.78 is 5.97. The molecular formula is C17H29N3O. The maximum atomic E-state index is 5.97. The van der Waals surface area contributed by atoms with Gasteiger partial charge in [0.15, 0.2) is 0 Å². The molecule has 3 rings (SSSR count). The molecule has 21 heavy (non-hydrogen) atoms. The van der Waals surface area contributed by atoms with E-state index in [1.165, 1.54) is 18.4 Å². The van der Waals surface area contributed by atoms with E-state index in [9.17, 15) is 0 Å². The number of aryl methyl sites for hydroxylation is 1. The third-order valence-corrected chi connectivity index (χ3v) is 5.04. The van der Waals surface area contributed by atoms with Gasteiger partial charge in [-0.15, -0.1) is 0 Å². The van der Waals surface area contributed by atoms with Gasteiger partial charge >= 0.3 is 0 Å². The number of rotatable bonds is 5. The van der Waals surface area contributed by atoms with Crippen molar-refractivity contribution < 1.29 is 4.42 Å². The Hall–Kier alpha value is -0.840. The zero-order valence-corrected chi connectivity index (χ0v) is 13.9. The fourth-order valence-electron chi connectivity index (χ4n) is 3.25. The number of piperazine rings is 1. The van der Waals surface area contributed by atoms with Crippen molar-refractivity contribution in [2.75, 3.05) is 20.1 Å². The molecule has 1 saturated carbocycles. The summed E-state index contributed by atoms with van der Waals surface area (Å²) >= 11 is 0. The maximum absolute atomic E-state index is 5.97. The third-order valence-electron chi connectivity index (χ3n) is 5.04. The number of furan rings is 1. The fourth-order valence-corrected chi connectivity index (χ4v) is 3.25. The predicted molar refractivity (Wildman–Crippen MR) is 85.3 cm³/mol. The zero-order valence-electron chi connectivity index (χ0n) is 13.9. The lowest BCUT2D eigenvalue weighted by atomic mass is 10.1. The summed E-state index contributed by atoms with van der Waals surface area (Å²) in [5.41, 5.74) is 1.33. The molecular weight excluding hydrogens is 262 g/mol. The Bertz CT molecular complexity index is 468. The Morgan fingerprint density at radius 1 is 1.24 bits per heavy atom. The molecule has 0 aromatic carbocycles. The van der Waals surface area contributed by atoms with E-state index < -0.39 is 0 Å². The predicted octanol–water partition coefficient (Wildman–Crippen LogP) is 2.36. The Labute approximate surface area is 128 Å². The Morgan fingerprint density at radius 3 is 2.52 bits per heavy atom. The van der Waals surface area contributed by atoms with Crippen LogP contribution in [0.25, 0.3) is 0 Å². The molecule has 2 atom stereocenters. The Kier molecular flexibility index (Phi) is 4.38. The Balaban J connectivity index is 1.58. The van der Waals surface area contributed by atoms with Gasteiger partial charge in [-0.2, -0.15) is 0 Å². The van der Waals surface area contributed by atoms with Crippen molar-refractivity contribution in [1.82, 2.24) is 15.1 Å². The third kappa shape index (κ3) is 3.68. The highest BCUT2D eigenvalue weighted by molar-refractivity contribution is 5.21. The average molecular weight is 291 g/mol. The summed E-state index contributed by atoms with van der Waals surface area (Å²) in [4.78, 5) is 4.99. The summed E-state index contributed by atoms with van der Waals surface area (Å²) in [6.45, 7) is 10.8. The van der Waals surface area contributed by atoms with Crippen molar-refractivity contribution >= 4 is 0 Å². The van der Waals surface area contributed by atoms with Crippen LogP contribution in [0.15, 0.2) is 10.5 Å². The average Bonchev–Trinajstić information content (AvgIpc) is 3.18. The lowest BCUT2D eigenvalue weighted by molar-refractivity contribution is 0.0517. The van der Waals surface area contributed by atoms with Crippen molar-refractivity contribution in [1.29, 1.82) is 0 Å². The van der Waals surface area contributed by atoms with Crippen LogP contribution in [0.1, 0.15) is 43.8 Å². The highest BCUT2D eigenvalue weighted by atomic mass is 16.3. The van der Waals surface area contributed by atoms with Crippen LogP contribution in [0.3, 0.4) is 0 Å². The maximum Gasteiger partial charge on any atom is 0.118 e. The minimum atomic E-state index is 0.612. The van der Waals surface area contributed by atoms with Crippen molar-refractivity contribution in [3.05, 3.63) is 23.2 Å². The first-order valence-corrected chi connectivity index (χ1v) is 8.28. The normalized spacial score (nSPS) is 28.2. The topological polar surface area (TPSA) is 31.7 Å². The first-order valence-electron chi connectivity index (χ1n) is 8.28. The van der Waals surface area contributed by atoms with E-state index in [1.807, 2.05) is 0 Å². The van der Waals surface area contributed by atoms with E-state index >= 15 is 0 Å². The second-order valence-corrected chi connectivity index (χ2v) is 7.01. The summed E-state index contributed by atoms with van der Waals surface area (Å²) in [7, 11) is 2.23. The summed E-state index contributed by atoms with van der Waals surface area (Å²) in [5.74, 6) is 2.19. The first kappa shape index (κ1) is 15.1. The number of hydrogen-bond acceptors (Lipinski definition) is 4. The van der Waals surface area contributed by atoms with Gasteiger partial charge in [-0.05, 0) is 46.7 Å². The Morgan fingerprint density at radius 2 is 1.90 bits per heavy atom. The van der Waals surface area contributed by atoms with Crippen molar-refractivity contribution in [3.63, 3.8) is 0 Å². The van der Waals surface area contributed by atoms with Crippen LogP contribution in [-0.2, 0) is 13.1 Å². The quantitative estimate of drug-likeness (QED) is 0.902. The van der Waals surface area contributed by atoms with Crippen LogP contribution in [0.5, 0.6) is 0 Å². The molecule has 0 amide bonds.